The molecule has 0 bridgehead atoms. The highest BCUT2D eigenvalue weighted by Gasteiger charge is 2.24. The number of hydrogen-bond donors (Lipinski definition) is 2. The Morgan fingerprint density at radius 1 is 1.53 bits per heavy atom. The molecule has 1 aromatic carbocycles. The molecule has 92 valence electrons. The van der Waals surface area contributed by atoms with E-state index in [1.165, 1.54) is 18.4 Å². The van der Waals surface area contributed by atoms with E-state index in [2.05, 4.69) is 24.8 Å². The number of nitrogen functional groups attached to an aromatic ring is 1. The molecule has 3 N–H and O–H groups in total. The first-order chi connectivity index (χ1) is 8.13. The van der Waals surface area contributed by atoms with Crippen LogP contribution in [0.15, 0.2) is 18.2 Å². The fourth-order valence-corrected chi connectivity index (χ4v) is 2.67. The Morgan fingerprint density at radius 3 is 2.88 bits per heavy atom. The van der Waals surface area contributed by atoms with Crippen molar-refractivity contribution >= 4 is 11.5 Å². The Hall–Kier alpha value is -1.51. The highest BCUT2D eigenvalue weighted by Crippen LogP contribution is 2.31. The van der Waals surface area contributed by atoms with Crippen molar-refractivity contribution in [1.29, 1.82) is 5.41 Å². The normalized spacial score (nSPS) is 19.6. The van der Waals surface area contributed by atoms with Gasteiger partial charge in [-0.25, -0.2) is 0 Å². The first-order valence-electron chi connectivity index (χ1n) is 6.32. The highest BCUT2D eigenvalue weighted by atomic mass is 15.2. The number of anilines is 1. The second-order valence-electron chi connectivity index (χ2n) is 4.89. The molecule has 2 rings (SSSR count). The van der Waals surface area contributed by atoms with Crippen LogP contribution in [-0.2, 0) is 0 Å². The molecule has 1 aromatic rings. The van der Waals surface area contributed by atoms with E-state index in [-0.39, 0.29) is 5.84 Å². The zero-order chi connectivity index (χ0) is 12.4. The predicted molar refractivity (Wildman–Crippen MR) is 72.8 cm³/mol. The molecule has 1 aliphatic rings. The lowest BCUT2D eigenvalue weighted by molar-refractivity contribution is 0.569. The van der Waals surface area contributed by atoms with Crippen LogP contribution in [0.3, 0.4) is 0 Å². The number of para-hydroxylation sites is 1. The van der Waals surface area contributed by atoms with E-state index < -0.39 is 0 Å². The van der Waals surface area contributed by atoms with E-state index in [9.17, 15) is 0 Å². The van der Waals surface area contributed by atoms with Crippen molar-refractivity contribution in [1.82, 2.24) is 0 Å². The molecule has 1 unspecified atom stereocenters. The summed E-state index contributed by atoms with van der Waals surface area (Å²) in [6.07, 6.45) is 2.49. The summed E-state index contributed by atoms with van der Waals surface area (Å²) in [5.74, 6) is 0.957. The van der Waals surface area contributed by atoms with Crippen molar-refractivity contribution in [2.24, 2.45) is 11.7 Å². The Bertz CT molecular complexity index is 425. The first kappa shape index (κ1) is 12.0. The molecule has 1 aliphatic heterocycles. The van der Waals surface area contributed by atoms with E-state index >= 15 is 0 Å². The first-order valence-corrected chi connectivity index (χ1v) is 6.32. The molecular weight excluding hydrogens is 210 g/mol. The SMILES string of the molecule is CCC1CCN(c2c(C)cccc2C(=N)N)C1. The van der Waals surface area contributed by atoms with Gasteiger partial charge in [0.15, 0.2) is 0 Å². The maximum Gasteiger partial charge on any atom is 0.124 e. The monoisotopic (exact) mass is 231 g/mol. The molecule has 3 heteroatoms. The third-order valence-electron chi connectivity index (χ3n) is 3.71. The fourth-order valence-electron chi connectivity index (χ4n) is 2.67. The fraction of sp³-hybridized carbons (Fsp3) is 0.500. The zero-order valence-electron chi connectivity index (χ0n) is 10.7. The molecule has 1 heterocycles. The summed E-state index contributed by atoms with van der Waals surface area (Å²) in [5.41, 5.74) is 8.93. The number of benzene rings is 1. The summed E-state index contributed by atoms with van der Waals surface area (Å²) >= 11 is 0. The number of aryl methyl sites for hydroxylation is 1. The molecule has 0 saturated carbocycles. The van der Waals surface area contributed by atoms with Gasteiger partial charge in [-0.3, -0.25) is 5.41 Å². The van der Waals surface area contributed by atoms with Crippen LogP contribution in [0.5, 0.6) is 0 Å². The number of rotatable bonds is 3. The molecule has 0 spiro atoms. The van der Waals surface area contributed by atoms with Gasteiger partial charge in [0, 0.05) is 18.7 Å². The zero-order valence-corrected chi connectivity index (χ0v) is 10.7. The molecule has 0 aliphatic carbocycles. The van der Waals surface area contributed by atoms with E-state index in [4.69, 9.17) is 11.1 Å². The van der Waals surface area contributed by atoms with Gasteiger partial charge in [-0.1, -0.05) is 25.5 Å². The number of nitrogens with two attached hydrogens (primary N) is 1. The van der Waals surface area contributed by atoms with Gasteiger partial charge < -0.3 is 10.6 Å². The van der Waals surface area contributed by atoms with Gasteiger partial charge in [0.25, 0.3) is 0 Å². The average molecular weight is 231 g/mol. The molecule has 0 radical (unpaired) electrons. The smallest absolute Gasteiger partial charge is 0.124 e. The van der Waals surface area contributed by atoms with E-state index in [1.54, 1.807) is 0 Å². The Balaban J connectivity index is 2.34. The standard InChI is InChI=1S/C14H21N3/c1-3-11-7-8-17(9-11)13-10(2)5-4-6-12(13)14(15)16/h4-6,11H,3,7-9H2,1-2H3,(H3,15,16). The molecule has 17 heavy (non-hydrogen) atoms. The Kier molecular flexibility index (Phi) is 3.36. The van der Waals surface area contributed by atoms with E-state index in [0.29, 0.717) is 0 Å². The van der Waals surface area contributed by atoms with Crippen LogP contribution in [0.2, 0.25) is 0 Å². The Morgan fingerprint density at radius 2 is 2.29 bits per heavy atom. The molecule has 1 saturated heterocycles. The summed E-state index contributed by atoms with van der Waals surface area (Å²) in [6, 6.07) is 6.02. The number of amidine groups is 1. The molecular formula is C14H21N3. The van der Waals surface area contributed by atoms with Crippen LogP contribution < -0.4 is 10.6 Å². The summed E-state index contributed by atoms with van der Waals surface area (Å²) in [4.78, 5) is 2.39. The lowest BCUT2D eigenvalue weighted by Crippen LogP contribution is -2.25. The summed E-state index contributed by atoms with van der Waals surface area (Å²) in [6.45, 7) is 6.53. The lowest BCUT2D eigenvalue weighted by Gasteiger charge is -2.24. The van der Waals surface area contributed by atoms with Crippen molar-refractivity contribution in [2.75, 3.05) is 18.0 Å². The minimum Gasteiger partial charge on any atom is -0.384 e. The van der Waals surface area contributed by atoms with Crippen molar-refractivity contribution in [3.8, 4) is 0 Å². The quantitative estimate of drug-likeness (QED) is 0.620. The molecule has 0 aromatic heterocycles. The number of nitrogens with one attached hydrogen (secondary N) is 1. The van der Waals surface area contributed by atoms with E-state index in [0.717, 1.165) is 30.3 Å². The van der Waals surface area contributed by atoms with Gasteiger partial charge >= 0.3 is 0 Å². The minimum atomic E-state index is 0.170. The molecule has 1 fully saturated rings. The Labute approximate surface area is 103 Å². The van der Waals surface area contributed by atoms with E-state index in [1.807, 2.05) is 12.1 Å². The van der Waals surface area contributed by atoms with Crippen LogP contribution >= 0.6 is 0 Å². The maximum atomic E-state index is 7.68. The number of nitrogens with zero attached hydrogens (tertiary/aromatic N) is 1. The van der Waals surface area contributed by atoms with Gasteiger partial charge in [0.05, 0.1) is 5.69 Å². The maximum absolute atomic E-state index is 7.68. The minimum absolute atomic E-state index is 0.170. The second kappa shape index (κ2) is 4.78. The van der Waals surface area contributed by atoms with Crippen molar-refractivity contribution < 1.29 is 0 Å². The molecule has 3 nitrogen and oxygen atoms in total. The predicted octanol–water partition coefficient (Wildman–Crippen LogP) is 2.52. The van der Waals surface area contributed by atoms with Crippen LogP contribution in [0, 0.1) is 18.3 Å². The van der Waals surface area contributed by atoms with Crippen LogP contribution in [0.1, 0.15) is 30.9 Å². The average Bonchev–Trinajstić information content (AvgIpc) is 2.76. The topological polar surface area (TPSA) is 53.1 Å². The lowest BCUT2D eigenvalue weighted by atomic mass is 10.1. The number of hydrogen-bond acceptors (Lipinski definition) is 2. The van der Waals surface area contributed by atoms with Crippen molar-refractivity contribution in [2.45, 2.75) is 26.7 Å². The largest absolute Gasteiger partial charge is 0.384 e. The van der Waals surface area contributed by atoms with Gasteiger partial charge in [-0.05, 0) is 30.9 Å². The second-order valence-corrected chi connectivity index (χ2v) is 4.89. The molecule has 1 atom stereocenters. The van der Waals surface area contributed by atoms with Gasteiger partial charge in [-0.2, -0.15) is 0 Å². The van der Waals surface area contributed by atoms with Crippen LogP contribution in [-0.4, -0.2) is 18.9 Å². The van der Waals surface area contributed by atoms with Crippen LogP contribution in [0.4, 0.5) is 5.69 Å². The van der Waals surface area contributed by atoms with Crippen molar-refractivity contribution in [3.05, 3.63) is 29.3 Å². The summed E-state index contributed by atoms with van der Waals surface area (Å²) < 4.78 is 0. The third-order valence-corrected chi connectivity index (χ3v) is 3.71. The highest BCUT2D eigenvalue weighted by molar-refractivity contribution is 6.01. The van der Waals surface area contributed by atoms with Gasteiger partial charge in [0.1, 0.15) is 5.84 Å². The summed E-state index contributed by atoms with van der Waals surface area (Å²) in [5, 5.41) is 7.68. The summed E-state index contributed by atoms with van der Waals surface area (Å²) in [7, 11) is 0. The molecule has 0 amide bonds. The van der Waals surface area contributed by atoms with Gasteiger partial charge in [-0.15, -0.1) is 0 Å². The third kappa shape index (κ3) is 2.28. The van der Waals surface area contributed by atoms with Gasteiger partial charge in [0.2, 0.25) is 0 Å². The van der Waals surface area contributed by atoms with Crippen LogP contribution in [0.25, 0.3) is 0 Å². The van der Waals surface area contributed by atoms with Crippen molar-refractivity contribution in [3.63, 3.8) is 0 Å².